The van der Waals surface area contributed by atoms with Crippen molar-refractivity contribution in [1.82, 2.24) is 4.98 Å². The summed E-state index contributed by atoms with van der Waals surface area (Å²) < 4.78 is 18.9. The summed E-state index contributed by atoms with van der Waals surface area (Å²) in [5, 5.41) is 0. The van der Waals surface area contributed by atoms with E-state index in [0.717, 1.165) is 16.7 Å². The molecule has 2 N–H and O–H groups in total. The summed E-state index contributed by atoms with van der Waals surface area (Å²) in [6, 6.07) is 6.19. The van der Waals surface area contributed by atoms with Crippen molar-refractivity contribution in [3.05, 3.63) is 59.2 Å². The fourth-order valence-corrected chi connectivity index (χ4v) is 1.87. The van der Waals surface area contributed by atoms with Crippen molar-refractivity contribution in [3.63, 3.8) is 0 Å². The molecular formula is C15H17FN2O. The number of pyridine rings is 1. The molecule has 3 nitrogen and oxygen atoms in total. The number of hydrogen-bond acceptors (Lipinski definition) is 3. The van der Waals surface area contributed by atoms with Gasteiger partial charge < -0.3 is 10.5 Å². The predicted molar refractivity (Wildman–Crippen MR) is 72.3 cm³/mol. The number of nitrogens with zero attached hydrogens (tertiary/aromatic N) is 1. The molecule has 1 aromatic carbocycles. The summed E-state index contributed by atoms with van der Waals surface area (Å²) in [6.45, 7) is 4.15. The van der Waals surface area contributed by atoms with E-state index in [4.69, 9.17) is 10.5 Å². The van der Waals surface area contributed by atoms with Crippen LogP contribution >= 0.6 is 0 Å². The first kappa shape index (κ1) is 13.5. The SMILES string of the molecule is Cc1cncc(COc2cc(F)ccc2[C@H](C)N)c1. The van der Waals surface area contributed by atoms with Crippen molar-refractivity contribution >= 4 is 0 Å². The Bertz CT molecular complexity index is 570. The molecule has 0 spiro atoms. The number of halogens is 1. The van der Waals surface area contributed by atoms with Gasteiger partial charge in [-0.1, -0.05) is 6.07 Å². The molecule has 0 aliphatic carbocycles. The van der Waals surface area contributed by atoms with Gasteiger partial charge in [-0.15, -0.1) is 0 Å². The maximum absolute atomic E-state index is 13.3. The second-order valence-corrected chi connectivity index (χ2v) is 4.63. The second kappa shape index (κ2) is 5.80. The van der Waals surface area contributed by atoms with E-state index in [2.05, 4.69) is 4.98 Å². The van der Waals surface area contributed by atoms with Gasteiger partial charge in [0.05, 0.1) is 0 Å². The van der Waals surface area contributed by atoms with Gasteiger partial charge in [-0.2, -0.15) is 0 Å². The Morgan fingerprint density at radius 1 is 1.32 bits per heavy atom. The van der Waals surface area contributed by atoms with E-state index in [1.807, 2.05) is 19.9 Å². The molecule has 2 rings (SSSR count). The summed E-state index contributed by atoms with van der Waals surface area (Å²) in [5.41, 5.74) is 8.64. The van der Waals surface area contributed by atoms with Crippen LogP contribution in [-0.4, -0.2) is 4.98 Å². The number of ether oxygens (including phenoxy) is 1. The standard InChI is InChI=1S/C15H17FN2O/c1-10-5-12(8-18-7-10)9-19-15-6-13(16)3-4-14(15)11(2)17/h3-8,11H,9,17H2,1-2H3/t11-/m0/s1. The van der Waals surface area contributed by atoms with E-state index in [0.29, 0.717) is 12.4 Å². The van der Waals surface area contributed by atoms with Crippen LogP contribution < -0.4 is 10.5 Å². The van der Waals surface area contributed by atoms with Gasteiger partial charge in [0.25, 0.3) is 0 Å². The Labute approximate surface area is 112 Å². The van der Waals surface area contributed by atoms with Gasteiger partial charge in [-0.25, -0.2) is 4.39 Å². The molecule has 0 unspecified atom stereocenters. The molecule has 100 valence electrons. The Morgan fingerprint density at radius 3 is 2.79 bits per heavy atom. The highest BCUT2D eigenvalue weighted by Crippen LogP contribution is 2.25. The van der Waals surface area contributed by atoms with Gasteiger partial charge in [-0.05, 0) is 31.5 Å². The number of aromatic nitrogens is 1. The zero-order chi connectivity index (χ0) is 13.8. The van der Waals surface area contributed by atoms with Gasteiger partial charge in [0, 0.05) is 35.6 Å². The largest absolute Gasteiger partial charge is 0.488 e. The minimum Gasteiger partial charge on any atom is -0.488 e. The molecule has 0 saturated heterocycles. The lowest BCUT2D eigenvalue weighted by Crippen LogP contribution is -2.08. The van der Waals surface area contributed by atoms with Gasteiger partial charge in [0.15, 0.2) is 0 Å². The first-order chi connectivity index (χ1) is 9.06. The summed E-state index contributed by atoms with van der Waals surface area (Å²) in [6.07, 6.45) is 3.51. The molecule has 0 saturated carbocycles. The number of hydrogen-bond donors (Lipinski definition) is 1. The lowest BCUT2D eigenvalue weighted by atomic mass is 10.1. The summed E-state index contributed by atoms with van der Waals surface area (Å²) in [4.78, 5) is 4.09. The first-order valence-corrected chi connectivity index (χ1v) is 6.14. The second-order valence-electron chi connectivity index (χ2n) is 4.63. The highest BCUT2D eigenvalue weighted by atomic mass is 19.1. The van der Waals surface area contributed by atoms with Crippen LogP contribution in [0.5, 0.6) is 5.75 Å². The number of nitrogens with two attached hydrogens (primary N) is 1. The predicted octanol–water partition coefficient (Wildman–Crippen LogP) is 3.13. The van der Waals surface area contributed by atoms with E-state index < -0.39 is 0 Å². The molecule has 0 radical (unpaired) electrons. The molecule has 1 atom stereocenters. The Hall–Kier alpha value is -1.94. The Balaban J connectivity index is 2.17. The van der Waals surface area contributed by atoms with Crippen LogP contribution in [0.2, 0.25) is 0 Å². The molecule has 19 heavy (non-hydrogen) atoms. The maximum Gasteiger partial charge on any atom is 0.127 e. The van der Waals surface area contributed by atoms with Crippen molar-refractivity contribution in [1.29, 1.82) is 0 Å². The number of aryl methyl sites for hydroxylation is 1. The molecule has 0 amide bonds. The van der Waals surface area contributed by atoms with E-state index in [9.17, 15) is 4.39 Å². The summed E-state index contributed by atoms with van der Waals surface area (Å²) in [7, 11) is 0. The zero-order valence-electron chi connectivity index (χ0n) is 11.1. The Morgan fingerprint density at radius 2 is 2.11 bits per heavy atom. The molecule has 1 heterocycles. The molecule has 0 aliphatic heterocycles. The lowest BCUT2D eigenvalue weighted by molar-refractivity contribution is 0.299. The highest BCUT2D eigenvalue weighted by Gasteiger charge is 2.09. The van der Waals surface area contributed by atoms with Crippen molar-refractivity contribution in [2.24, 2.45) is 5.73 Å². The van der Waals surface area contributed by atoms with Gasteiger partial charge in [0.1, 0.15) is 18.2 Å². The smallest absolute Gasteiger partial charge is 0.127 e. The first-order valence-electron chi connectivity index (χ1n) is 6.14. The normalized spacial score (nSPS) is 12.2. The molecule has 0 bridgehead atoms. The highest BCUT2D eigenvalue weighted by molar-refractivity contribution is 5.36. The zero-order valence-corrected chi connectivity index (χ0v) is 11.1. The monoisotopic (exact) mass is 260 g/mol. The van der Waals surface area contributed by atoms with E-state index >= 15 is 0 Å². The molecule has 2 aromatic rings. The molecule has 0 fully saturated rings. The van der Waals surface area contributed by atoms with E-state index in [-0.39, 0.29) is 11.9 Å². The van der Waals surface area contributed by atoms with Gasteiger partial charge in [-0.3, -0.25) is 4.98 Å². The van der Waals surface area contributed by atoms with Crippen molar-refractivity contribution in [2.75, 3.05) is 0 Å². The topological polar surface area (TPSA) is 48.1 Å². The summed E-state index contributed by atoms with van der Waals surface area (Å²) in [5.74, 6) is 0.151. The Kier molecular flexibility index (Phi) is 4.12. The van der Waals surface area contributed by atoms with Crippen LogP contribution in [0.15, 0.2) is 36.7 Å². The van der Waals surface area contributed by atoms with Crippen molar-refractivity contribution < 1.29 is 9.13 Å². The third-order valence-corrected chi connectivity index (χ3v) is 2.79. The lowest BCUT2D eigenvalue weighted by Gasteiger charge is -2.14. The fourth-order valence-electron chi connectivity index (χ4n) is 1.87. The van der Waals surface area contributed by atoms with Crippen molar-refractivity contribution in [3.8, 4) is 5.75 Å². The average Bonchev–Trinajstić information content (AvgIpc) is 2.36. The van der Waals surface area contributed by atoms with Crippen LogP contribution in [-0.2, 0) is 6.61 Å². The third kappa shape index (κ3) is 3.51. The summed E-state index contributed by atoms with van der Waals surface area (Å²) >= 11 is 0. The van der Waals surface area contributed by atoms with Crippen molar-refractivity contribution in [2.45, 2.75) is 26.5 Å². The van der Waals surface area contributed by atoms with Crippen LogP contribution in [0.3, 0.4) is 0 Å². The van der Waals surface area contributed by atoms with Crippen LogP contribution in [0.4, 0.5) is 4.39 Å². The average molecular weight is 260 g/mol. The minimum absolute atomic E-state index is 0.203. The quantitative estimate of drug-likeness (QED) is 0.918. The van der Waals surface area contributed by atoms with E-state index in [1.54, 1.807) is 18.5 Å². The molecular weight excluding hydrogens is 243 g/mol. The molecule has 4 heteroatoms. The van der Waals surface area contributed by atoms with Gasteiger partial charge >= 0.3 is 0 Å². The molecule has 0 aliphatic rings. The van der Waals surface area contributed by atoms with Crippen LogP contribution in [0, 0.1) is 12.7 Å². The number of benzene rings is 1. The third-order valence-electron chi connectivity index (χ3n) is 2.79. The maximum atomic E-state index is 13.3. The minimum atomic E-state index is -0.332. The van der Waals surface area contributed by atoms with Gasteiger partial charge in [0.2, 0.25) is 0 Å². The fraction of sp³-hybridized carbons (Fsp3) is 0.267. The molecule has 1 aromatic heterocycles. The van der Waals surface area contributed by atoms with E-state index in [1.165, 1.54) is 12.1 Å². The number of rotatable bonds is 4. The van der Waals surface area contributed by atoms with Crippen LogP contribution in [0.1, 0.15) is 29.7 Å². The van der Waals surface area contributed by atoms with Crippen LogP contribution in [0.25, 0.3) is 0 Å².